The third-order valence-electron chi connectivity index (χ3n) is 5.19. The molecule has 0 aliphatic carbocycles. The van der Waals surface area contributed by atoms with E-state index in [1.54, 1.807) is 17.0 Å². The number of amides is 3. The molecule has 3 aromatic rings. The molecule has 1 fully saturated rings. The standard InChI is InChI=1S/C21H17ClF3N5O2/c1-2-29-8-9-30(20(29)32)18-12-4-3-5-16(17(12)27-11-15(18)22)28-19(31)13-10-26-7-6-14(13)21(23,24)25/h3-7,10-11H,2,8-9H2,1H3,(H,28,31). The Labute approximate surface area is 185 Å². The average Bonchev–Trinajstić information content (AvgIpc) is 3.13. The highest BCUT2D eigenvalue weighted by atomic mass is 35.5. The lowest BCUT2D eigenvalue weighted by Crippen LogP contribution is -2.31. The lowest BCUT2D eigenvalue weighted by atomic mass is 10.1. The Morgan fingerprint density at radius 3 is 2.69 bits per heavy atom. The number of fused-ring (bicyclic) bond motifs is 1. The van der Waals surface area contributed by atoms with Gasteiger partial charge in [-0.1, -0.05) is 23.7 Å². The number of rotatable bonds is 4. The molecule has 3 amide bonds. The number of carbonyl (C=O) groups is 2. The minimum Gasteiger partial charge on any atom is -0.323 e. The first kappa shape index (κ1) is 21.8. The lowest BCUT2D eigenvalue weighted by molar-refractivity contribution is -0.138. The fourth-order valence-electron chi connectivity index (χ4n) is 3.66. The number of nitrogens with zero attached hydrogens (tertiary/aromatic N) is 4. The van der Waals surface area contributed by atoms with Crippen LogP contribution < -0.4 is 10.2 Å². The maximum Gasteiger partial charge on any atom is 0.417 e. The second-order valence-corrected chi connectivity index (χ2v) is 7.45. The fourth-order valence-corrected chi connectivity index (χ4v) is 3.91. The number of aromatic nitrogens is 2. The van der Waals surface area contributed by atoms with Crippen LogP contribution in [0.15, 0.2) is 42.9 Å². The molecule has 1 saturated heterocycles. The summed E-state index contributed by atoms with van der Waals surface area (Å²) in [7, 11) is 0. The van der Waals surface area contributed by atoms with Gasteiger partial charge in [-0.05, 0) is 19.1 Å². The Kier molecular flexibility index (Phi) is 5.64. The van der Waals surface area contributed by atoms with E-state index in [-0.39, 0.29) is 16.7 Å². The maximum absolute atomic E-state index is 13.3. The third-order valence-corrected chi connectivity index (χ3v) is 5.47. The number of para-hydroxylation sites is 1. The topological polar surface area (TPSA) is 78.4 Å². The van der Waals surface area contributed by atoms with Crippen molar-refractivity contribution in [3.05, 3.63) is 59.0 Å². The van der Waals surface area contributed by atoms with Gasteiger partial charge in [0.15, 0.2) is 0 Å². The van der Waals surface area contributed by atoms with Crippen molar-refractivity contribution in [2.24, 2.45) is 0 Å². The third kappa shape index (κ3) is 3.81. The SMILES string of the molecule is CCN1CCN(c2c(Cl)cnc3c(NC(=O)c4cnccc4C(F)(F)F)cccc23)C1=O. The van der Waals surface area contributed by atoms with Crippen molar-refractivity contribution < 1.29 is 22.8 Å². The number of carbonyl (C=O) groups excluding carboxylic acids is 2. The quantitative estimate of drug-likeness (QED) is 0.602. The number of urea groups is 1. The van der Waals surface area contributed by atoms with E-state index >= 15 is 0 Å². The van der Waals surface area contributed by atoms with Crippen LogP contribution in [0.2, 0.25) is 5.02 Å². The number of pyridine rings is 2. The molecule has 166 valence electrons. The van der Waals surface area contributed by atoms with Crippen molar-refractivity contribution in [3.63, 3.8) is 0 Å². The summed E-state index contributed by atoms with van der Waals surface area (Å²) in [6, 6.07) is 5.34. The predicted octanol–water partition coefficient (Wildman–Crippen LogP) is 4.82. The maximum atomic E-state index is 13.3. The van der Waals surface area contributed by atoms with Gasteiger partial charge in [-0.2, -0.15) is 13.2 Å². The van der Waals surface area contributed by atoms with E-state index in [2.05, 4.69) is 15.3 Å². The summed E-state index contributed by atoms with van der Waals surface area (Å²) in [5, 5.41) is 3.22. The van der Waals surface area contributed by atoms with Crippen LogP contribution >= 0.6 is 11.6 Å². The molecule has 11 heteroatoms. The Morgan fingerprint density at radius 2 is 2.00 bits per heavy atom. The number of nitrogens with one attached hydrogen (secondary N) is 1. The number of benzene rings is 1. The van der Waals surface area contributed by atoms with Gasteiger partial charge in [0.05, 0.1) is 33.0 Å². The summed E-state index contributed by atoms with van der Waals surface area (Å²) in [5.74, 6) is -0.981. The molecule has 0 spiro atoms. The number of anilines is 2. The molecule has 1 aliphatic rings. The molecule has 4 rings (SSSR count). The first-order valence-corrected chi connectivity index (χ1v) is 10.1. The van der Waals surface area contributed by atoms with Gasteiger partial charge in [-0.3, -0.25) is 19.7 Å². The average molecular weight is 464 g/mol. The van der Waals surface area contributed by atoms with Crippen molar-refractivity contribution in [3.8, 4) is 0 Å². The van der Waals surface area contributed by atoms with Gasteiger partial charge in [0.2, 0.25) is 0 Å². The molecule has 7 nitrogen and oxygen atoms in total. The highest BCUT2D eigenvalue weighted by Gasteiger charge is 2.35. The number of alkyl halides is 3. The minimum absolute atomic E-state index is 0.182. The summed E-state index contributed by atoms with van der Waals surface area (Å²) < 4.78 is 39.9. The highest BCUT2D eigenvalue weighted by molar-refractivity contribution is 6.35. The first-order valence-electron chi connectivity index (χ1n) is 9.68. The van der Waals surface area contributed by atoms with Crippen molar-refractivity contribution in [2.45, 2.75) is 13.1 Å². The normalized spacial score (nSPS) is 14.3. The van der Waals surface area contributed by atoms with Crippen molar-refractivity contribution in [2.75, 3.05) is 29.9 Å². The van der Waals surface area contributed by atoms with Crippen LogP contribution in [0.3, 0.4) is 0 Å². The van der Waals surface area contributed by atoms with Gasteiger partial charge in [-0.25, -0.2) is 4.79 Å². The number of halogens is 4. The van der Waals surface area contributed by atoms with Gasteiger partial charge in [-0.15, -0.1) is 0 Å². The number of hydrogen-bond donors (Lipinski definition) is 1. The van der Waals surface area contributed by atoms with E-state index in [0.29, 0.717) is 36.2 Å². The molecular formula is C21H17ClF3N5O2. The zero-order chi connectivity index (χ0) is 23.0. The molecule has 1 aliphatic heterocycles. The molecule has 0 atom stereocenters. The Morgan fingerprint density at radius 1 is 1.22 bits per heavy atom. The van der Waals surface area contributed by atoms with Gasteiger partial charge in [0.1, 0.15) is 0 Å². The van der Waals surface area contributed by atoms with Crippen molar-refractivity contribution in [1.82, 2.24) is 14.9 Å². The molecular weight excluding hydrogens is 447 g/mol. The zero-order valence-corrected chi connectivity index (χ0v) is 17.5. The fraction of sp³-hybridized carbons (Fsp3) is 0.238. The van der Waals surface area contributed by atoms with Crippen LogP contribution in [0.4, 0.5) is 29.3 Å². The number of hydrogen-bond acceptors (Lipinski definition) is 4. The monoisotopic (exact) mass is 463 g/mol. The summed E-state index contributed by atoms with van der Waals surface area (Å²) in [6.07, 6.45) is -1.53. The smallest absolute Gasteiger partial charge is 0.323 e. The van der Waals surface area contributed by atoms with Gasteiger partial charge in [0, 0.05) is 43.6 Å². The Bertz CT molecular complexity index is 1220. The van der Waals surface area contributed by atoms with E-state index in [4.69, 9.17) is 11.6 Å². The van der Waals surface area contributed by atoms with E-state index in [9.17, 15) is 22.8 Å². The highest BCUT2D eigenvalue weighted by Crippen LogP contribution is 2.38. The van der Waals surface area contributed by atoms with Crippen LogP contribution in [0.5, 0.6) is 0 Å². The second kappa shape index (κ2) is 8.27. The number of likely N-dealkylation sites (N-methyl/N-ethyl adjacent to an activating group) is 1. The molecule has 0 bridgehead atoms. The Balaban J connectivity index is 1.75. The first-order chi connectivity index (χ1) is 15.2. The van der Waals surface area contributed by atoms with Gasteiger partial charge in [0.25, 0.3) is 5.91 Å². The zero-order valence-electron chi connectivity index (χ0n) is 16.8. The van der Waals surface area contributed by atoms with E-state index in [1.807, 2.05) is 6.92 Å². The largest absolute Gasteiger partial charge is 0.417 e. The van der Waals surface area contributed by atoms with Crippen LogP contribution in [0, 0.1) is 0 Å². The van der Waals surface area contributed by atoms with Crippen molar-refractivity contribution >= 4 is 45.8 Å². The summed E-state index contributed by atoms with van der Waals surface area (Å²) >= 11 is 6.37. The molecule has 2 aromatic heterocycles. The van der Waals surface area contributed by atoms with E-state index < -0.39 is 23.2 Å². The van der Waals surface area contributed by atoms with Crippen LogP contribution in [-0.4, -0.2) is 46.4 Å². The Hall–Kier alpha value is -3.40. The van der Waals surface area contributed by atoms with Gasteiger partial charge >= 0.3 is 12.2 Å². The molecule has 0 saturated carbocycles. The molecule has 1 N–H and O–H groups in total. The summed E-state index contributed by atoms with van der Waals surface area (Å²) in [5.41, 5.74) is -0.795. The molecule has 32 heavy (non-hydrogen) atoms. The summed E-state index contributed by atoms with van der Waals surface area (Å²) in [6.45, 7) is 3.37. The van der Waals surface area contributed by atoms with E-state index in [1.165, 1.54) is 17.2 Å². The predicted molar refractivity (Wildman–Crippen MR) is 114 cm³/mol. The lowest BCUT2D eigenvalue weighted by Gasteiger charge is -2.21. The van der Waals surface area contributed by atoms with Crippen LogP contribution in [0.1, 0.15) is 22.8 Å². The molecule has 0 radical (unpaired) electrons. The second-order valence-electron chi connectivity index (χ2n) is 7.04. The van der Waals surface area contributed by atoms with Crippen LogP contribution in [-0.2, 0) is 6.18 Å². The van der Waals surface area contributed by atoms with Crippen molar-refractivity contribution in [1.29, 1.82) is 0 Å². The van der Waals surface area contributed by atoms with Crippen LogP contribution in [0.25, 0.3) is 10.9 Å². The van der Waals surface area contributed by atoms with E-state index in [0.717, 1.165) is 18.5 Å². The molecule has 3 heterocycles. The minimum atomic E-state index is -4.71. The summed E-state index contributed by atoms with van der Waals surface area (Å²) in [4.78, 5) is 36.5. The molecule has 0 unspecified atom stereocenters. The van der Waals surface area contributed by atoms with Gasteiger partial charge < -0.3 is 10.2 Å². The molecule has 1 aromatic carbocycles.